The summed E-state index contributed by atoms with van der Waals surface area (Å²) in [4.78, 5) is 18.2. The van der Waals surface area contributed by atoms with Crippen LogP contribution in [0.15, 0.2) is 47.4 Å². The largest absolute Gasteiger partial charge is 0.369 e. The molecule has 2 amide bonds. The summed E-state index contributed by atoms with van der Waals surface area (Å²) in [7, 11) is 0. The highest BCUT2D eigenvalue weighted by molar-refractivity contribution is 7.98. The number of amides is 2. The van der Waals surface area contributed by atoms with E-state index >= 15 is 0 Å². The van der Waals surface area contributed by atoms with E-state index in [0.717, 1.165) is 44.8 Å². The zero-order valence-corrected chi connectivity index (χ0v) is 18.5. The molecule has 2 aromatic carbocycles. The van der Waals surface area contributed by atoms with Crippen molar-refractivity contribution in [1.29, 1.82) is 0 Å². The minimum absolute atomic E-state index is 0.137. The van der Waals surface area contributed by atoms with E-state index in [-0.39, 0.29) is 6.03 Å². The molecular weight excluding hydrogens is 380 g/mol. The first kappa shape index (κ1) is 21.5. The molecule has 0 radical (unpaired) electrons. The first-order valence-electron chi connectivity index (χ1n) is 10.3. The first-order chi connectivity index (χ1) is 14.0. The smallest absolute Gasteiger partial charge is 0.319 e. The molecule has 1 heterocycles. The van der Waals surface area contributed by atoms with Crippen LogP contribution in [0.4, 0.5) is 16.2 Å². The molecule has 0 bridgehead atoms. The van der Waals surface area contributed by atoms with Gasteiger partial charge < -0.3 is 15.5 Å². The predicted molar refractivity (Wildman–Crippen MR) is 124 cm³/mol. The standard InChI is InChI=1S/C23H32N4OS/c1-18-5-6-19(2)22(17-18)27-15-13-26(14-16-27)12-4-11-24-23(28)25-20-7-9-21(29-3)10-8-20/h5-10,17H,4,11-16H2,1-3H3,(H2,24,25,28). The SMILES string of the molecule is CSc1ccc(NC(=O)NCCCN2CCN(c3cc(C)ccc3C)CC2)cc1. The predicted octanol–water partition coefficient (Wildman–Crippen LogP) is 4.36. The van der Waals surface area contributed by atoms with Gasteiger partial charge in [0.15, 0.2) is 0 Å². The van der Waals surface area contributed by atoms with Crippen molar-refractivity contribution < 1.29 is 4.79 Å². The van der Waals surface area contributed by atoms with E-state index in [4.69, 9.17) is 0 Å². The van der Waals surface area contributed by atoms with E-state index in [1.165, 1.54) is 21.7 Å². The van der Waals surface area contributed by atoms with Crippen molar-refractivity contribution in [2.24, 2.45) is 0 Å². The molecule has 1 saturated heterocycles. The minimum Gasteiger partial charge on any atom is -0.369 e. The van der Waals surface area contributed by atoms with Crippen LogP contribution in [-0.2, 0) is 0 Å². The number of nitrogens with zero attached hydrogens (tertiary/aromatic N) is 2. The number of carbonyl (C=O) groups excluding carboxylic acids is 1. The average Bonchev–Trinajstić information content (AvgIpc) is 2.74. The molecule has 0 aromatic heterocycles. The number of piperazine rings is 1. The van der Waals surface area contributed by atoms with Crippen molar-refractivity contribution in [2.75, 3.05) is 55.7 Å². The van der Waals surface area contributed by atoms with Crippen molar-refractivity contribution in [3.8, 4) is 0 Å². The van der Waals surface area contributed by atoms with E-state index in [1.54, 1.807) is 11.8 Å². The van der Waals surface area contributed by atoms with Gasteiger partial charge in [-0.2, -0.15) is 0 Å². The van der Waals surface area contributed by atoms with Crippen LogP contribution in [-0.4, -0.2) is 56.5 Å². The summed E-state index contributed by atoms with van der Waals surface area (Å²) in [5.41, 5.74) is 4.86. The molecule has 0 saturated carbocycles. The molecule has 3 rings (SSSR count). The Bertz CT molecular complexity index is 801. The van der Waals surface area contributed by atoms with Crippen LogP contribution in [0.5, 0.6) is 0 Å². The Morgan fingerprint density at radius 2 is 1.76 bits per heavy atom. The van der Waals surface area contributed by atoms with Gasteiger partial charge >= 0.3 is 6.03 Å². The highest BCUT2D eigenvalue weighted by atomic mass is 32.2. The van der Waals surface area contributed by atoms with Crippen LogP contribution >= 0.6 is 11.8 Å². The number of nitrogens with one attached hydrogen (secondary N) is 2. The molecule has 1 aliphatic rings. The molecule has 6 heteroatoms. The fraction of sp³-hybridized carbons (Fsp3) is 0.435. The maximum Gasteiger partial charge on any atom is 0.319 e. The number of hydrogen-bond acceptors (Lipinski definition) is 4. The lowest BCUT2D eigenvalue weighted by Gasteiger charge is -2.37. The van der Waals surface area contributed by atoms with E-state index in [1.807, 2.05) is 30.5 Å². The van der Waals surface area contributed by atoms with E-state index < -0.39 is 0 Å². The first-order valence-corrected chi connectivity index (χ1v) is 11.5. The van der Waals surface area contributed by atoms with Gasteiger partial charge in [-0.3, -0.25) is 4.90 Å². The number of benzene rings is 2. The molecule has 2 aromatic rings. The van der Waals surface area contributed by atoms with Crippen LogP contribution in [0.1, 0.15) is 17.5 Å². The number of rotatable bonds is 7. The zero-order chi connectivity index (χ0) is 20.6. The van der Waals surface area contributed by atoms with E-state index in [2.05, 4.69) is 52.5 Å². The van der Waals surface area contributed by atoms with Gasteiger partial charge in [0.1, 0.15) is 0 Å². The summed E-state index contributed by atoms with van der Waals surface area (Å²) in [6, 6.07) is 14.4. The highest BCUT2D eigenvalue weighted by Gasteiger charge is 2.18. The van der Waals surface area contributed by atoms with E-state index in [0.29, 0.717) is 6.54 Å². The Morgan fingerprint density at radius 3 is 2.45 bits per heavy atom. The summed E-state index contributed by atoms with van der Waals surface area (Å²) in [6.07, 6.45) is 3.00. The third kappa shape index (κ3) is 6.41. The van der Waals surface area contributed by atoms with Crippen LogP contribution in [0.25, 0.3) is 0 Å². The van der Waals surface area contributed by atoms with Crippen LogP contribution in [0.2, 0.25) is 0 Å². The molecule has 0 unspecified atom stereocenters. The van der Waals surface area contributed by atoms with Crippen molar-refractivity contribution in [3.63, 3.8) is 0 Å². The van der Waals surface area contributed by atoms with Gasteiger partial charge in [-0.15, -0.1) is 11.8 Å². The Kier molecular flexibility index (Phi) is 7.83. The molecular formula is C23H32N4OS. The van der Waals surface area contributed by atoms with Gasteiger partial charge in [0.25, 0.3) is 0 Å². The molecule has 29 heavy (non-hydrogen) atoms. The lowest BCUT2D eigenvalue weighted by atomic mass is 10.1. The van der Waals surface area contributed by atoms with Gasteiger partial charge in [-0.05, 0) is 74.5 Å². The quantitative estimate of drug-likeness (QED) is 0.524. The molecule has 0 atom stereocenters. The summed E-state index contributed by atoms with van der Waals surface area (Å²) >= 11 is 1.69. The van der Waals surface area contributed by atoms with Gasteiger partial charge in [0, 0.05) is 49.0 Å². The third-order valence-electron chi connectivity index (χ3n) is 5.36. The maximum atomic E-state index is 12.0. The van der Waals surface area contributed by atoms with Crippen molar-refractivity contribution >= 4 is 29.2 Å². The normalized spacial score (nSPS) is 14.7. The monoisotopic (exact) mass is 412 g/mol. The number of hydrogen-bond donors (Lipinski definition) is 2. The molecule has 5 nitrogen and oxygen atoms in total. The van der Waals surface area contributed by atoms with Crippen LogP contribution in [0, 0.1) is 13.8 Å². The van der Waals surface area contributed by atoms with Crippen molar-refractivity contribution in [3.05, 3.63) is 53.6 Å². The Balaban J connectivity index is 1.33. The lowest BCUT2D eigenvalue weighted by molar-refractivity contribution is 0.244. The molecule has 156 valence electrons. The molecule has 0 aliphatic carbocycles. The highest BCUT2D eigenvalue weighted by Crippen LogP contribution is 2.23. The van der Waals surface area contributed by atoms with Crippen LogP contribution < -0.4 is 15.5 Å². The van der Waals surface area contributed by atoms with Gasteiger partial charge in [-0.25, -0.2) is 4.79 Å². The van der Waals surface area contributed by atoms with E-state index in [9.17, 15) is 4.79 Å². The number of aryl methyl sites for hydroxylation is 2. The summed E-state index contributed by atoms with van der Waals surface area (Å²) in [6.45, 7) is 10.3. The minimum atomic E-state index is -0.137. The molecule has 2 N–H and O–H groups in total. The molecule has 1 fully saturated rings. The number of urea groups is 1. The fourth-order valence-electron chi connectivity index (χ4n) is 3.63. The third-order valence-corrected chi connectivity index (χ3v) is 6.11. The summed E-state index contributed by atoms with van der Waals surface area (Å²) in [5, 5.41) is 5.84. The van der Waals surface area contributed by atoms with Crippen molar-refractivity contribution in [1.82, 2.24) is 10.2 Å². The van der Waals surface area contributed by atoms with Crippen molar-refractivity contribution in [2.45, 2.75) is 25.2 Å². The second-order valence-electron chi connectivity index (χ2n) is 7.58. The second kappa shape index (κ2) is 10.6. The van der Waals surface area contributed by atoms with Gasteiger partial charge in [0.2, 0.25) is 0 Å². The Hall–Kier alpha value is -2.18. The van der Waals surface area contributed by atoms with Gasteiger partial charge in [-0.1, -0.05) is 12.1 Å². The number of thioether (sulfide) groups is 1. The molecule has 0 spiro atoms. The lowest BCUT2D eigenvalue weighted by Crippen LogP contribution is -2.47. The Labute approximate surface area is 178 Å². The Morgan fingerprint density at radius 1 is 1.03 bits per heavy atom. The maximum absolute atomic E-state index is 12.0. The molecule has 1 aliphatic heterocycles. The topological polar surface area (TPSA) is 47.6 Å². The zero-order valence-electron chi connectivity index (χ0n) is 17.7. The fourth-order valence-corrected chi connectivity index (χ4v) is 4.03. The van der Waals surface area contributed by atoms with Crippen LogP contribution in [0.3, 0.4) is 0 Å². The second-order valence-corrected chi connectivity index (χ2v) is 8.46. The summed E-state index contributed by atoms with van der Waals surface area (Å²) in [5.74, 6) is 0. The summed E-state index contributed by atoms with van der Waals surface area (Å²) < 4.78 is 0. The van der Waals surface area contributed by atoms with Gasteiger partial charge in [0.05, 0.1) is 0 Å². The number of carbonyl (C=O) groups is 1. The average molecular weight is 413 g/mol. The number of anilines is 2.